The maximum Gasteiger partial charge on any atom is 0.180 e. The van der Waals surface area contributed by atoms with Crippen molar-refractivity contribution in [2.75, 3.05) is 0 Å². The van der Waals surface area contributed by atoms with Gasteiger partial charge in [-0.25, -0.2) is 4.98 Å². The van der Waals surface area contributed by atoms with Crippen molar-refractivity contribution in [2.24, 2.45) is 0 Å². The van der Waals surface area contributed by atoms with Gasteiger partial charge in [0.25, 0.3) is 0 Å². The first kappa shape index (κ1) is 17.1. The van der Waals surface area contributed by atoms with Gasteiger partial charge in [0.2, 0.25) is 0 Å². The van der Waals surface area contributed by atoms with Crippen molar-refractivity contribution in [2.45, 2.75) is 25.7 Å². The summed E-state index contributed by atoms with van der Waals surface area (Å²) in [6.07, 6.45) is 0.628. The second-order valence-corrected chi connectivity index (χ2v) is 7.08. The molecule has 1 heterocycles. The lowest BCUT2D eigenvalue weighted by Gasteiger charge is -2.12. The lowest BCUT2D eigenvalue weighted by Crippen LogP contribution is -2.14. The SMILES string of the molecule is CC(C)c1ccc2nc(C3C(=O)c4ccc(C=O)cc4C3=O)c(O)cc2c1. The third-order valence-electron chi connectivity index (χ3n) is 5.02. The van der Waals surface area contributed by atoms with E-state index in [0.29, 0.717) is 23.3 Å². The van der Waals surface area contributed by atoms with E-state index in [1.807, 2.05) is 18.2 Å². The number of Topliss-reactive ketones (excluding diaryl/α,β-unsaturated/α-hetero) is 2. The molecule has 134 valence electrons. The van der Waals surface area contributed by atoms with Gasteiger partial charge in [-0.2, -0.15) is 0 Å². The zero-order valence-corrected chi connectivity index (χ0v) is 14.9. The molecule has 1 aromatic heterocycles. The van der Waals surface area contributed by atoms with Crippen molar-refractivity contribution in [1.29, 1.82) is 0 Å². The van der Waals surface area contributed by atoms with E-state index in [1.54, 1.807) is 6.07 Å². The molecule has 0 bridgehead atoms. The molecule has 0 spiro atoms. The second-order valence-electron chi connectivity index (χ2n) is 7.08. The summed E-state index contributed by atoms with van der Waals surface area (Å²) in [5.41, 5.74) is 2.56. The molecule has 5 nitrogen and oxygen atoms in total. The Hall–Kier alpha value is -3.34. The summed E-state index contributed by atoms with van der Waals surface area (Å²) < 4.78 is 0. The molecule has 0 radical (unpaired) electrons. The Kier molecular flexibility index (Phi) is 3.88. The number of aromatic nitrogens is 1. The molecule has 5 heteroatoms. The minimum absolute atomic E-state index is 0.0543. The van der Waals surface area contributed by atoms with Crippen molar-refractivity contribution in [3.63, 3.8) is 0 Å². The zero-order chi connectivity index (χ0) is 19.3. The fourth-order valence-electron chi connectivity index (χ4n) is 3.50. The molecule has 3 aromatic rings. The third kappa shape index (κ3) is 2.63. The summed E-state index contributed by atoms with van der Waals surface area (Å²) in [5.74, 6) is -1.89. The van der Waals surface area contributed by atoms with E-state index < -0.39 is 17.5 Å². The van der Waals surface area contributed by atoms with Gasteiger partial charge >= 0.3 is 0 Å². The molecular formula is C22H17NO4. The molecule has 1 atom stereocenters. The van der Waals surface area contributed by atoms with Gasteiger partial charge in [0.15, 0.2) is 11.6 Å². The van der Waals surface area contributed by atoms with Gasteiger partial charge in [-0.1, -0.05) is 26.0 Å². The molecule has 1 aliphatic rings. The van der Waals surface area contributed by atoms with Crippen LogP contribution in [0.15, 0.2) is 42.5 Å². The van der Waals surface area contributed by atoms with Gasteiger partial charge in [0.1, 0.15) is 23.6 Å². The van der Waals surface area contributed by atoms with E-state index in [1.165, 1.54) is 18.2 Å². The van der Waals surface area contributed by atoms with Crippen LogP contribution in [0.1, 0.15) is 68.0 Å². The molecule has 27 heavy (non-hydrogen) atoms. The van der Waals surface area contributed by atoms with Gasteiger partial charge in [-0.3, -0.25) is 14.4 Å². The number of aldehydes is 1. The summed E-state index contributed by atoms with van der Waals surface area (Å²) in [7, 11) is 0. The molecule has 1 N–H and O–H groups in total. The van der Waals surface area contributed by atoms with Gasteiger partial charge in [0, 0.05) is 22.1 Å². The average molecular weight is 359 g/mol. The summed E-state index contributed by atoms with van der Waals surface area (Å²) in [4.78, 5) is 41.0. The highest BCUT2D eigenvalue weighted by Gasteiger charge is 2.42. The number of nitrogens with zero attached hydrogens (tertiary/aromatic N) is 1. The molecule has 2 aromatic carbocycles. The lowest BCUT2D eigenvalue weighted by atomic mass is 9.96. The number of benzene rings is 2. The maximum atomic E-state index is 12.8. The van der Waals surface area contributed by atoms with Crippen LogP contribution in [0, 0.1) is 0 Å². The fraction of sp³-hybridized carbons (Fsp3) is 0.182. The Balaban J connectivity index is 1.83. The lowest BCUT2D eigenvalue weighted by molar-refractivity contribution is 0.0886. The molecule has 1 aliphatic carbocycles. The van der Waals surface area contributed by atoms with Crippen LogP contribution < -0.4 is 0 Å². The minimum Gasteiger partial charge on any atom is -0.506 e. The van der Waals surface area contributed by atoms with Gasteiger partial charge in [0.05, 0.1) is 5.52 Å². The predicted molar refractivity (Wildman–Crippen MR) is 101 cm³/mol. The Labute approximate surface area is 155 Å². The summed E-state index contributed by atoms with van der Waals surface area (Å²) >= 11 is 0. The first-order valence-electron chi connectivity index (χ1n) is 8.72. The van der Waals surface area contributed by atoms with Crippen molar-refractivity contribution in [1.82, 2.24) is 4.98 Å². The number of ketones is 2. The molecule has 0 fully saturated rings. The van der Waals surface area contributed by atoms with Crippen LogP contribution in [0.25, 0.3) is 10.9 Å². The van der Waals surface area contributed by atoms with E-state index in [9.17, 15) is 19.5 Å². The number of carbonyl (C=O) groups excluding carboxylic acids is 3. The third-order valence-corrected chi connectivity index (χ3v) is 5.02. The largest absolute Gasteiger partial charge is 0.506 e. The first-order chi connectivity index (χ1) is 12.9. The number of hydrogen-bond donors (Lipinski definition) is 1. The van der Waals surface area contributed by atoms with Crippen LogP contribution >= 0.6 is 0 Å². The van der Waals surface area contributed by atoms with Crippen molar-refractivity contribution in [3.05, 3.63) is 70.4 Å². The quantitative estimate of drug-likeness (QED) is 0.563. The summed E-state index contributed by atoms with van der Waals surface area (Å²) in [5, 5.41) is 11.2. The van der Waals surface area contributed by atoms with Crippen LogP contribution in [-0.2, 0) is 0 Å². The Bertz CT molecular complexity index is 1130. The highest BCUT2D eigenvalue weighted by atomic mass is 16.3. The predicted octanol–water partition coefficient (Wildman–Crippen LogP) is 4.04. The number of hydrogen-bond acceptors (Lipinski definition) is 5. The topological polar surface area (TPSA) is 84.3 Å². The van der Waals surface area contributed by atoms with Crippen LogP contribution in [0.2, 0.25) is 0 Å². The smallest absolute Gasteiger partial charge is 0.180 e. The number of pyridine rings is 1. The van der Waals surface area contributed by atoms with E-state index in [2.05, 4.69) is 18.8 Å². The van der Waals surface area contributed by atoms with Gasteiger partial charge < -0.3 is 5.11 Å². The number of rotatable bonds is 3. The molecule has 1 unspecified atom stereocenters. The Morgan fingerprint density at radius 3 is 2.44 bits per heavy atom. The molecule has 0 aliphatic heterocycles. The average Bonchev–Trinajstić information content (AvgIpc) is 2.90. The zero-order valence-electron chi connectivity index (χ0n) is 14.9. The standard InChI is InChI=1S/C22H17NO4/c1-11(2)13-4-6-17-14(8-13)9-18(25)20(23-17)19-21(26)15-5-3-12(10-24)7-16(15)22(19)27/h3-11,19,25H,1-2H3. The fourth-order valence-corrected chi connectivity index (χ4v) is 3.50. The van der Waals surface area contributed by atoms with Crippen molar-refractivity contribution in [3.8, 4) is 5.75 Å². The second kappa shape index (κ2) is 6.13. The van der Waals surface area contributed by atoms with Crippen LogP contribution in [-0.4, -0.2) is 27.9 Å². The molecule has 4 rings (SSSR count). The van der Waals surface area contributed by atoms with Crippen LogP contribution in [0.5, 0.6) is 5.75 Å². The molecular weight excluding hydrogens is 342 g/mol. The highest BCUT2D eigenvalue weighted by molar-refractivity contribution is 6.30. The van der Waals surface area contributed by atoms with E-state index >= 15 is 0 Å². The Morgan fingerprint density at radius 1 is 1.00 bits per heavy atom. The highest BCUT2D eigenvalue weighted by Crippen LogP contribution is 2.38. The van der Waals surface area contributed by atoms with Crippen LogP contribution in [0.3, 0.4) is 0 Å². The van der Waals surface area contributed by atoms with Gasteiger partial charge in [-0.05, 0) is 41.8 Å². The molecule has 0 saturated heterocycles. The maximum absolute atomic E-state index is 12.8. The van der Waals surface area contributed by atoms with Crippen molar-refractivity contribution >= 4 is 28.8 Å². The first-order valence-corrected chi connectivity index (χ1v) is 8.72. The summed E-state index contributed by atoms with van der Waals surface area (Å²) in [6.45, 7) is 4.15. The van der Waals surface area contributed by atoms with E-state index in [-0.39, 0.29) is 22.6 Å². The molecule has 0 amide bonds. The van der Waals surface area contributed by atoms with Gasteiger partial charge in [-0.15, -0.1) is 0 Å². The Morgan fingerprint density at radius 2 is 1.74 bits per heavy atom. The molecule has 0 saturated carbocycles. The van der Waals surface area contributed by atoms with Crippen molar-refractivity contribution < 1.29 is 19.5 Å². The monoisotopic (exact) mass is 359 g/mol. The number of fused-ring (bicyclic) bond motifs is 2. The van der Waals surface area contributed by atoms with E-state index in [4.69, 9.17) is 0 Å². The van der Waals surface area contributed by atoms with E-state index in [0.717, 1.165) is 10.9 Å². The number of aromatic hydroxyl groups is 1. The number of carbonyl (C=O) groups is 3. The normalized spacial score (nSPS) is 16.2. The van der Waals surface area contributed by atoms with Crippen LogP contribution in [0.4, 0.5) is 0 Å². The summed E-state index contributed by atoms with van der Waals surface area (Å²) in [6, 6.07) is 11.7. The minimum atomic E-state index is -1.18.